The van der Waals surface area contributed by atoms with Gasteiger partial charge in [-0.05, 0) is 80.1 Å². The van der Waals surface area contributed by atoms with E-state index in [-0.39, 0.29) is 18.5 Å². The number of carbonyl (C=O) groups excluding carboxylic acids is 1. The molecule has 0 saturated heterocycles. The number of ether oxygens (including phenoxy) is 1. The Balaban J connectivity index is 1.75. The highest BCUT2D eigenvalue weighted by Gasteiger charge is 2.35. The van der Waals surface area contributed by atoms with Crippen molar-refractivity contribution in [3.05, 3.63) is 57.8 Å². The lowest BCUT2D eigenvalue weighted by Crippen LogP contribution is -2.53. The second-order valence-corrected chi connectivity index (χ2v) is 10.6. The standard InChI is InChI=1S/C25H34F2N2O3S/c1-24(2,3)32-23(31)29-21(13-17-11-19(26)14-20(27)12-17)22(30)15-28-25(8-5-4-6-9-25)18-7-10-33-16-18/h7,10-12,14,16,21-22,28,30H,4-6,8-9,13,15H2,1-3H3,(H,29,31). The van der Waals surface area contributed by atoms with Crippen LogP contribution in [0.15, 0.2) is 35.0 Å². The van der Waals surface area contributed by atoms with E-state index in [1.165, 1.54) is 24.1 Å². The van der Waals surface area contributed by atoms with E-state index >= 15 is 0 Å². The summed E-state index contributed by atoms with van der Waals surface area (Å²) in [6.07, 6.45) is 3.69. The average Bonchev–Trinajstić information content (AvgIpc) is 3.26. The molecule has 0 aliphatic heterocycles. The van der Waals surface area contributed by atoms with Crippen LogP contribution < -0.4 is 10.6 Å². The number of carbonyl (C=O) groups is 1. The Morgan fingerprint density at radius 1 is 1.18 bits per heavy atom. The molecule has 1 saturated carbocycles. The number of rotatable bonds is 8. The number of aliphatic hydroxyl groups excluding tert-OH is 1. The Morgan fingerprint density at radius 3 is 2.42 bits per heavy atom. The van der Waals surface area contributed by atoms with E-state index in [1.807, 2.05) is 0 Å². The second kappa shape index (κ2) is 10.9. The summed E-state index contributed by atoms with van der Waals surface area (Å²) < 4.78 is 32.8. The molecule has 0 bridgehead atoms. The van der Waals surface area contributed by atoms with E-state index in [4.69, 9.17) is 4.74 Å². The topological polar surface area (TPSA) is 70.6 Å². The van der Waals surface area contributed by atoms with Crippen LogP contribution in [-0.2, 0) is 16.7 Å². The number of hydrogen-bond acceptors (Lipinski definition) is 5. The Labute approximate surface area is 198 Å². The lowest BCUT2D eigenvalue weighted by molar-refractivity contribution is 0.0408. The fourth-order valence-electron chi connectivity index (χ4n) is 4.43. The highest BCUT2D eigenvalue weighted by atomic mass is 32.1. The van der Waals surface area contributed by atoms with Crippen LogP contribution in [0, 0.1) is 11.6 Å². The van der Waals surface area contributed by atoms with E-state index in [0.29, 0.717) is 5.56 Å². The van der Waals surface area contributed by atoms with Crippen LogP contribution in [0.25, 0.3) is 0 Å². The van der Waals surface area contributed by atoms with Crippen molar-refractivity contribution in [3.63, 3.8) is 0 Å². The Morgan fingerprint density at radius 2 is 1.85 bits per heavy atom. The number of thiophene rings is 1. The molecule has 1 aromatic heterocycles. The summed E-state index contributed by atoms with van der Waals surface area (Å²) in [4.78, 5) is 12.4. The summed E-state index contributed by atoms with van der Waals surface area (Å²) in [5, 5.41) is 21.5. The molecule has 1 fully saturated rings. The maximum Gasteiger partial charge on any atom is 0.407 e. The third-order valence-corrected chi connectivity index (χ3v) is 6.66. The van der Waals surface area contributed by atoms with Crippen LogP contribution in [0.2, 0.25) is 0 Å². The Hall–Kier alpha value is -2.03. The van der Waals surface area contributed by atoms with Crippen molar-refractivity contribution in [2.75, 3.05) is 6.54 Å². The zero-order chi connectivity index (χ0) is 24.1. The molecule has 2 aromatic rings. The summed E-state index contributed by atoms with van der Waals surface area (Å²) in [5.41, 5.74) is 0.621. The smallest absolute Gasteiger partial charge is 0.407 e. The molecule has 5 nitrogen and oxygen atoms in total. The van der Waals surface area contributed by atoms with Gasteiger partial charge in [-0.25, -0.2) is 13.6 Å². The first kappa shape index (κ1) is 25.6. The predicted octanol–water partition coefficient (Wildman–Crippen LogP) is 5.27. The molecular weight excluding hydrogens is 446 g/mol. The minimum Gasteiger partial charge on any atom is -0.444 e. The van der Waals surface area contributed by atoms with Gasteiger partial charge in [-0.1, -0.05) is 19.3 Å². The number of amides is 1. The van der Waals surface area contributed by atoms with Gasteiger partial charge in [-0.15, -0.1) is 0 Å². The van der Waals surface area contributed by atoms with Gasteiger partial charge in [0.15, 0.2) is 0 Å². The molecule has 2 unspecified atom stereocenters. The van der Waals surface area contributed by atoms with Crippen LogP contribution in [0.4, 0.5) is 13.6 Å². The average molecular weight is 481 g/mol. The molecule has 182 valence electrons. The Kier molecular flexibility index (Phi) is 8.48. The van der Waals surface area contributed by atoms with E-state index in [1.54, 1.807) is 32.1 Å². The monoisotopic (exact) mass is 480 g/mol. The van der Waals surface area contributed by atoms with E-state index in [9.17, 15) is 18.7 Å². The van der Waals surface area contributed by atoms with E-state index in [2.05, 4.69) is 27.5 Å². The first-order chi connectivity index (χ1) is 15.6. The van der Waals surface area contributed by atoms with Crippen LogP contribution in [0.1, 0.15) is 64.0 Å². The summed E-state index contributed by atoms with van der Waals surface area (Å²) >= 11 is 1.64. The highest BCUT2D eigenvalue weighted by molar-refractivity contribution is 7.08. The van der Waals surface area contributed by atoms with Crippen molar-refractivity contribution in [3.8, 4) is 0 Å². The van der Waals surface area contributed by atoms with Crippen LogP contribution >= 0.6 is 11.3 Å². The fraction of sp³-hybridized carbons (Fsp3) is 0.560. The third kappa shape index (κ3) is 7.48. The molecule has 0 spiro atoms. The highest BCUT2D eigenvalue weighted by Crippen LogP contribution is 2.38. The molecule has 3 N–H and O–H groups in total. The molecule has 1 amide bonds. The van der Waals surface area contributed by atoms with Crippen LogP contribution in [-0.4, -0.2) is 35.5 Å². The predicted molar refractivity (Wildman–Crippen MR) is 126 cm³/mol. The summed E-state index contributed by atoms with van der Waals surface area (Å²) in [5.74, 6) is -1.40. The van der Waals surface area contributed by atoms with Crippen LogP contribution in [0.5, 0.6) is 0 Å². The maximum atomic E-state index is 13.7. The molecule has 1 heterocycles. The van der Waals surface area contributed by atoms with E-state index in [0.717, 1.165) is 31.7 Å². The lowest BCUT2D eigenvalue weighted by atomic mass is 9.77. The van der Waals surface area contributed by atoms with Gasteiger partial charge in [0, 0.05) is 18.2 Å². The van der Waals surface area contributed by atoms with Crippen molar-refractivity contribution in [2.45, 2.75) is 82.6 Å². The van der Waals surface area contributed by atoms with Crippen molar-refractivity contribution in [2.24, 2.45) is 0 Å². The fourth-order valence-corrected chi connectivity index (χ4v) is 5.18. The third-order valence-electron chi connectivity index (χ3n) is 5.98. The quantitative estimate of drug-likeness (QED) is 0.481. The zero-order valence-corrected chi connectivity index (χ0v) is 20.3. The summed E-state index contributed by atoms with van der Waals surface area (Å²) in [7, 11) is 0. The minimum atomic E-state index is -0.999. The van der Waals surface area contributed by atoms with Gasteiger partial charge in [0.1, 0.15) is 17.2 Å². The van der Waals surface area contributed by atoms with Gasteiger partial charge in [0.2, 0.25) is 0 Å². The number of aliphatic hydroxyl groups is 1. The summed E-state index contributed by atoms with van der Waals surface area (Å²) in [6, 6.07) is 4.53. The Bertz CT molecular complexity index is 889. The van der Waals surface area contributed by atoms with Crippen LogP contribution in [0.3, 0.4) is 0 Å². The second-order valence-electron chi connectivity index (χ2n) is 9.84. The zero-order valence-electron chi connectivity index (χ0n) is 19.5. The van der Waals surface area contributed by atoms with E-state index < -0.39 is 35.5 Å². The van der Waals surface area contributed by atoms with Gasteiger partial charge < -0.3 is 20.5 Å². The molecule has 33 heavy (non-hydrogen) atoms. The van der Waals surface area contributed by atoms with Gasteiger partial charge in [-0.3, -0.25) is 0 Å². The number of alkyl carbamates (subject to hydrolysis) is 1. The summed E-state index contributed by atoms with van der Waals surface area (Å²) in [6.45, 7) is 5.45. The molecule has 2 atom stereocenters. The number of benzene rings is 1. The molecule has 1 aliphatic carbocycles. The number of nitrogens with one attached hydrogen (secondary N) is 2. The van der Waals surface area contributed by atoms with Crippen molar-refractivity contribution in [1.82, 2.24) is 10.6 Å². The minimum absolute atomic E-state index is 0.0578. The normalized spacial score (nSPS) is 17.9. The molecule has 1 aliphatic rings. The number of halogens is 2. The van der Waals surface area contributed by atoms with Gasteiger partial charge in [-0.2, -0.15) is 11.3 Å². The molecule has 3 rings (SSSR count). The SMILES string of the molecule is CC(C)(C)OC(=O)NC(Cc1cc(F)cc(F)c1)C(O)CNC1(c2ccsc2)CCCCC1. The van der Waals surface area contributed by atoms with Gasteiger partial charge in [0.25, 0.3) is 0 Å². The van der Waals surface area contributed by atoms with Crippen molar-refractivity contribution < 1.29 is 23.4 Å². The number of hydrogen-bond donors (Lipinski definition) is 3. The maximum absolute atomic E-state index is 13.7. The first-order valence-electron chi connectivity index (χ1n) is 11.5. The molecular formula is C25H34F2N2O3S. The van der Waals surface area contributed by atoms with Gasteiger partial charge in [0.05, 0.1) is 12.1 Å². The molecule has 1 aromatic carbocycles. The van der Waals surface area contributed by atoms with Crippen molar-refractivity contribution >= 4 is 17.4 Å². The molecule has 8 heteroatoms. The molecule has 0 radical (unpaired) electrons. The van der Waals surface area contributed by atoms with Gasteiger partial charge >= 0.3 is 6.09 Å². The largest absolute Gasteiger partial charge is 0.444 e. The first-order valence-corrected chi connectivity index (χ1v) is 12.4. The lowest BCUT2D eigenvalue weighted by Gasteiger charge is -2.39. The van der Waals surface area contributed by atoms with Crippen molar-refractivity contribution in [1.29, 1.82) is 0 Å².